The maximum Gasteiger partial charge on any atom is 0.238 e. The van der Waals surface area contributed by atoms with E-state index in [2.05, 4.69) is 26.5 Å². The molecule has 7 nitrogen and oxygen atoms in total. The summed E-state index contributed by atoms with van der Waals surface area (Å²) in [4.78, 5) is 17.6. The van der Waals surface area contributed by atoms with Gasteiger partial charge in [-0.3, -0.25) is 9.69 Å². The van der Waals surface area contributed by atoms with Crippen LogP contribution in [0.2, 0.25) is 0 Å². The molecule has 4 saturated heterocycles. The number of nitrogens with one attached hydrogen (secondary N) is 2. The first-order chi connectivity index (χ1) is 16.6. The van der Waals surface area contributed by atoms with Crippen molar-refractivity contribution in [2.45, 2.75) is 68.7 Å². The number of likely N-dealkylation sites (tertiary alicyclic amines) is 1. The smallest absolute Gasteiger partial charge is 0.238 e. The average molecular weight is 468 g/mol. The zero-order valence-corrected chi connectivity index (χ0v) is 19.6. The molecule has 34 heavy (non-hydrogen) atoms. The van der Waals surface area contributed by atoms with E-state index in [1.165, 1.54) is 6.42 Å². The number of carbonyl (C=O) groups is 1. The van der Waals surface area contributed by atoms with E-state index in [0.717, 1.165) is 64.2 Å². The first-order valence-electron chi connectivity index (χ1n) is 12.9. The van der Waals surface area contributed by atoms with Crippen molar-refractivity contribution >= 4 is 11.6 Å². The van der Waals surface area contributed by atoms with E-state index >= 15 is 4.39 Å². The van der Waals surface area contributed by atoms with Crippen LogP contribution >= 0.6 is 0 Å². The number of rotatable bonds is 6. The fraction of sp³-hybridized carbons (Fsp3) is 0.692. The van der Waals surface area contributed by atoms with Gasteiger partial charge in [0.1, 0.15) is 11.9 Å². The van der Waals surface area contributed by atoms with Gasteiger partial charge in [0.2, 0.25) is 5.91 Å². The Hall–Kier alpha value is -2.21. The molecule has 7 atom stereocenters. The van der Waals surface area contributed by atoms with Crippen molar-refractivity contribution in [3.8, 4) is 6.07 Å². The van der Waals surface area contributed by atoms with Gasteiger partial charge in [-0.25, -0.2) is 4.39 Å². The number of halogens is 1. The van der Waals surface area contributed by atoms with Crippen molar-refractivity contribution in [3.63, 3.8) is 0 Å². The molecule has 1 saturated carbocycles. The van der Waals surface area contributed by atoms with Gasteiger partial charge in [0, 0.05) is 49.9 Å². The zero-order chi connectivity index (χ0) is 23.2. The lowest BCUT2D eigenvalue weighted by Gasteiger charge is -2.30. The van der Waals surface area contributed by atoms with Crippen LogP contribution in [0.4, 0.5) is 10.1 Å². The first-order valence-corrected chi connectivity index (χ1v) is 12.9. The van der Waals surface area contributed by atoms with Crippen molar-refractivity contribution in [3.05, 3.63) is 29.6 Å². The number of nitriles is 1. The third-order valence-corrected chi connectivity index (χ3v) is 8.91. The van der Waals surface area contributed by atoms with Crippen LogP contribution in [0.3, 0.4) is 0 Å². The van der Waals surface area contributed by atoms with Crippen LogP contribution in [0.15, 0.2) is 18.2 Å². The topological polar surface area (TPSA) is 80.6 Å². The number of hydrogen-bond acceptors (Lipinski definition) is 6. The fourth-order valence-electron chi connectivity index (χ4n) is 7.10. The van der Waals surface area contributed by atoms with E-state index in [4.69, 9.17) is 4.74 Å². The Morgan fingerprint density at radius 1 is 1.26 bits per heavy atom. The average Bonchev–Trinajstić information content (AvgIpc) is 3.65. The summed E-state index contributed by atoms with van der Waals surface area (Å²) in [7, 11) is 0. The van der Waals surface area contributed by atoms with E-state index in [1.54, 1.807) is 12.1 Å². The van der Waals surface area contributed by atoms with Crippen LogP contribution < -0.4 is 15.5 Å². The van der Waals surface area contributed by atoms with E-state index in [0.29, 0.717) is 35.5 Å². The molecule has 6 rings (SSSR count). The Bertz CT molecular complexity index is 976. The van der Waals surface area contributed by atoms with Crippen LogP contribution in [0, 0.1) is 29.0 Å². The quantitative estimate of drug-likeness (QED) is 0.664. The second kappa shape index (κ2) is 9.10. The molecule has 1 amide bonds. The molecular weight excluding hydrogens is 433 g/mol. The summed E-state index contributed by atoms with van der Waals surface area (Å²) in [5, 5.41) is 15.8. The molecule has 0 spiro atoms. The van der Waals surface area contributed by atoms with Gasteiger partial charge >= 0.3 is 0 Å². The molecule has 5 aliphatic rings. The lowest BCUT2D eigenvalue weighted by Crippen LogP contribution is -2.50. The summed E-state index contributed by atoms with van der Waals surface area (Å²) in [6.07, 6.45) is 5.71. The molecule has 1 aromatic rings. The Morgan fingerprint density at radius 3 is 2.88 bits per heavy atom. The van der Waals surface area contributed by atoms with Crippen molar-refractivity contribution in [2.75, 3.05) is 37.7 Å². The Kier molecular flexibility index (Phi) is 5.96. The molecule has 6 unspecified atom stereocenters. The minimum Gasteiger partial charge on any atom is -0.380 e. The van der Waals surface area contributed by atoms with Gasteiger partial charge in [-0.2, -0.15) is 5.26 Å². The fourth-order valence-corrected chi connectivity index (χ4v) is 7.10. The highest BCUT2D eigenvalue weighted by molar-refractivity contribution is 5.83. The SMILES string of the molecule is N#C[C@H](Cc1ccc(N2CC3CCN(C4CCOC4)C3C2)cc1F)NC(=O)C1NC2CCC1C2. The number of piperidine rings is 1. The summed E-state index contributed by atoms with van der Waals surface area (Å²) in [6.45, 7) is 4.72. The molecule has 182 valence electrons. The largest absolute Gasteiger partial charge is 0.380 e. The molecule has 1 aromatic carbocycles. The number of hydrogen-bond donors (Lipinski definition) is 2. The Morgan fingerprint density at radius 2 is 2.18 bits per heavy atom. The van der Waals surface area contributed by atoms with Gasteiger partial charge in [0.25, 0.3) is 0 Å². The number of fused-ring (bicyclic) bond motifs is 3. The molecule has 1 aliphatic carbocycles. The summed E-state index contributed by atoms with van der Waals surface area (Å²) in [6, 6.07) is 8.04. The van der Waals surface area contributed by atoms with E-state index < -0.39 is 6.04 Å². The van der Waals surface area contributed by atoms with Crippen molar-refractivity contribution < 1.29 is 13.9 Å². The Labute approximate surface area is 200 Å². The minimum atomic E-state index is -0.734. The van der Waals surface area contributed by atoms with E-state index in [9.17, 15) is 10.1 Å². The van der Waals surface area contributed by atoms with Gasteiger partial charge in [-0.1, -0.05) is 6.07 Å². The van der Waals surface area contributed by atoms with Crippen LogP contribution in [0.25, 0.3) is 0 Å². The molecule has 2 N–H and O–H groups in total. The first kappa shape index (κ1) is 22.3. The summed E-state index contributed by atoms with van der Waals surface area (Å²) >= 11 is 0. The van der Waals surface area contributed by atoms with Gasteiger partial charge in [0.05, 0.1) is 18.7 Å². The molecular formula is C26H34FN5O2. The maximum atomic E-state index is 15.1. The highest BCUT2D eigenvalue weighted by atomic mass is 19.1. The van der Waals surface area contributed by atoms with Crippen molar-refractivity contribution in [1.82, 2.24) is 15.5 Å². The number of anilines is 1. The second-order valence-electron chi connectivity index (χ2n) is 10.9. The van der Waals surface area contributed by atoms with Gasteiger partial charge in [-0.15, -0.1) is 0 Å². The van der Waals surface area contributed by atoms with Crippen LogP contribution in [-0.4, -0.2) is 73.9 Å². The predicted molar refractivity (Wildman–Crippen MR) is 126 cm³/mol. The highest BCUT2D eigenvalue weighted by Crippen LogP contribution is 2.37. The monoisotopic (exact) mass is 467 g/mol. The van der Waals surface area contributed by atoms with Crippen LogP contribution in [-0.2, 0) is 16.0 Å². The van der Waals surface area contributed by atoms with E-state index in [-0.39, 0.29) is 24.2 Å². The predicted octanol–water partition coefficient (Wildman–Crippen LogP) is 1.82. The highest BCUT2D eigenvalue weighted by Gasteiger charge is 2.45. The van der Waals surface area contributed by atoms with Gasteiger partial charge in [0.15, 0.2) is 0 Å². The number of benzene rings is 1. The molecule has 4 heterocycles. The maximum absolute atomic E-state index is 15.1. The normalized spacial score (nSPS) is 35.5. The Balaban J connectivity index is 1.08. The number of amides is 1. The summed E-state index contributed by atoms with van der Waals surface area (Å²) in [5.74, 6) is 0.554. The van der Waals surface area contributed by atoms with Crippen molar-refractivity contribution in [2.24, 2.45) is 11.8 Å². The third-order valence-electron chi connectivity index (χ3n) is 8.91. The number of ether oxygens (including phenoxy) is 1. The zero-order valence-electron chi connectivity index (χ0n) is 19.6. The molecule has 2 bridgehead atoms. The van der Waals surface area contributed by atoms with Crippen LogP contribution in [0.5, 0.6) is 0 Å². The third kappa shape index (κ3) is 4.08. The second-order valence-corrected chi connectivity index (χ2v) is 10.9. The number of carbonyl (C=O) groups excluding carboxylic acids is 1. The lowest BCUT2D eigenvalue weighted by atomic mass is 9.98. The lowest BCUT2D eigenvalue weighted by molar-refractivity contribution is -0.124. The molecule has 4 aliphatic heterocycles. The molecule has 0 aromatic heterocycles. The van der Waals surface area contributed by atoms with E-state index in [1.807, 2.05) is 6.07 Å². The van der Waals surface area contributed by atoms with Gasteiger partial charge < -0.3 is 20.3 Å². The summed E-state index contributed by atoms with van der Waals surface area (Å²) in [5.41, 5.74) is 1.38. The summed E-state index contributed by atoms with van der Waals surface area (Å²) < 4.78 is 20.7. The molecule has 0 radical (unpaired) electrons. The number of nitrogens with zero attached hydrogens (tertiary/aromatic N) is 3. The standard InChI is InChI=1S/C26H34FN5O2/c27-23-11-21(31-13-18-5-7-32(24(18)14-31)22-6-8-34-15-22)4-2-16(23)9-20(12-28)30-26(33)25-17-1-3-19(10-17)29-25/h2,4,11,17-20,22,24-25,29H,1,3,5-10,13-15H2,(H,30,33)/t17?,18?,19?,20-,22?,24?,25?/m0/s1. The van der Waals surface area contributed by atoms with Crippen LogP contribution in [0.1, 0.15) is 37.7 Å². The van der Waals surface area contributed by atoms with Crippen molar-refractivity contribution in [1.29, 1.82) is 5.26 Å². The molecule has 8 heteroatoms. The molecule has 5 fully saturated rings. The minimum absolute atomic E-state index is 0.128. The van der Waals surface area contributed by atoms with Gasteiger partial charge in [-0.05, 0) is 68.2 Å².